The lowest BCUT2D eigenvalue weighted by Crippen LogP contribution is -2.57. The van der Waals surface area contributed by atoms with E-state index >= 15 is 0 Å². The van der Waals surface area contributed by atoms with E-state index in [9.17, 15) is 15.3 Å². The van der Waals surface area contributed by atoms with Crippen molar-refractivity contribution in [1.29, 1.82) is 0 Å². The second kappa shape index (κ2) is 4.77. The lowest BCUT2D eigenvalue weighted by molar-refractivity contribution is -0.162. The number of hydrogen-bond acceptors (Lipinski definition) is 3. The molecule has 0 bridgehead atoms. The molecule has 0 aromatic rings. The van der Waals surface area contributed by atoms with Crippen LogP contribution >= 0.6 is 0 Å². The van der Waals surface area contributed by atoms with Gasteiger partial charge in [0.25, 0.3) is 0 Å². The van der Waals surface area contributed by atoms with E-state index in [0.29, 0.717) is 5.92 Å². The van der Waals surface area contributed by atoms with Gasteiger partial charge < -0.3 is 15.3 Å². The first kappa shape index (κ1) is 14.3. The summed E-state index contributed by atoms with van der Waals surface area (Å²) in [7, 11) is 0. The first-order valence-electron chi connectivity index (χ1n) is 7.27. The third-order valence-electron chi connectivity index (χ3n) is 6.18. The van der Waals surface area contributed by atoms with Crippen LogP contribution in [0.1, 0.15) is 46.5 Å². The van der Waals surface area contributed by atoms with Crippen LogP contribution in [0.4, 0.5) is 0 Å². The third kappa shape index (κ3) is 1.91. The number of fused-ring (bicyclic) bond motifs is 1. The molecule has 2 rings (SSSR count). The van der Waals surface area contributed by atoms with Crippen LogP contribution in [0.25, 0.3) is 0 Å². The fourth-order valence-electron chi connectivity index (χ4n) is 4.92. The van der Waals surface area contributed by atoms with Crippen LogP contribution in [0, 0.1) is 28.6 Å². The fraction of sp³-hybridized carbons (Fsp3) is 1.00. The van der Waals surface area contributed by atoms with Crippen molar-refractivity contribution in [3.63, 3.8) is 0 Å². The van der Waals surface area contributed by atoms with Crippen molar-refractivity contribution in [2.45, 2.75) is 52.6 Å². The van der Waals surface area contributed by atoms with Gasteiger partial charge in [0.05, 0.1) is 6.10 Å². The van der Waals surface area contributed by atoms with Gasteiger partial charge in [0.15, 0.2) is 0 Å². The Balaban J connectivity index is 2.33. The Morgan fingerprint density at radius 1 is 1.00 bits per heavy atom. The molecule has 0 aromatic carbocycles. The molecule has 2 saturated carbocycles. The summed E-state index contributed by atoms with van der Waals surface area (Å²) in [4.78, 5) is 0. The molecular formula is C15H28O3. The minimum atomic E-state index is -0.236. The Hall–Kier alpha value is -0.120. The number of hydrogen-bond donors (Lipinski definition) is 3. The van der Waals surface area contributed by atoms with Crippen molar-refractivity contribution < 1.29 is 15.3 Å². The van der Waals surface area contributed by atoms with Crippen molar-refractivity contribution >= 4 is 0 Å². The summed E-state index contributed by atoms with van der Waals surface area (Å²) in [6.07, 6.45) is 3.57. The second-order valence-corrected chi connectivity index (χ2v) is 7.24. The molecule has 0 spiro atoms. The average molecular weight is 256 g/mol. The van der Waals surface area contributed by atoms with Gasteiger partial charge in [0.2, 0.25) is 0 Å². The van der Waals surface area contributed by atoms with E-state index in [1.165, 1.54) is 0 Å². The summed E-state index contributed by atoms with van der Waals surface area (Å²) in [6, 6.07) is 0. The molecule has 5 atom stereocenters. The standard InChI is InChI=1S/C15H28O3/c1-14(2)12-5-4-10(8-16)11(9-17)15(12,3)7-6-13(14)18/h10-13,16-18H,4-9H2,1-3H3. The molecule has 0 heterocycles. The Morgan fingerprint density at radius 3 is 2.22 bits per heavy atom. The van der Waals surface area contributed by atoms with Crippen LogP contribution in [-0.4, -0.2) is 34.6 Å². The summed E-state index contributed by atoms with van der Waals surface area (Å²) in [5.74, 6) is 0.837. The zero-order valence-corrected chi connectivity index (χ0v) is 11.9. The van der Waals surface area contributed by atoms with Gasteiger partial charge in [0.1, 0.15) is 0 Å². The summed E-state index contributed by atoms with van der Waals surface area (Å²) >= 11 is 0. The lowest BCUT2D eigenvalue weighted by Gasteiger charge is -2.60. The molecule has 0 radical (unpaired) electrons. The zero-order chi connectivity index (χ0) is 13.6. The van der Waals surface area contributed by atoms with Gasteiger partial charge in [0, 0.05) is 13.2 Å². The van der Waals surface area contributed by atoms with Gasteiger partial charge in [-0.25, -0.2) is 0 Å². The van der Waals surface area contributed by atoms with Crippen molar-refractivity contribution in [2.75, 3.05) is 13.2 Å². The van der Waals surface area contributed by atoms with E-state index < -0.39 is 0 Å². The van der Waals surface area contributed by atoms with Crippen molar-refractivity contribution in [3.8, 4) is 0 Å². The van der Waals surface area contributed by atoms with Crippen LogP contribution < -0.4 is 0 Å². The summed E-state index contributed by atoms with van der Waals surface area (Å²) in [5.41, 5.74) is -0.0238. The maximum atomic E-state index is 10.3. The maximum Gasteiger partial charge on any atom is 0.0594 e. The van der Waals surface area contributed by atoms with E-state index in [0.717, 1.165) is 25.7 Å². The number of aliphatic hydroxyl groups is 3. The molecule has 2 aliphatic carbocycles. The molecule has 0 aliphatic heterocycles. The first-order chi connectivity index (χ1) is 8.37. The van der Waals surface area contributed by atoms with E-state index in [-0.39, 0.29) is 42.0 Å². The van der Waals surface area contributed by atoms with Gasteiger partial charge in [-0.15, -0.1) is 0 Å². The molecule has 2 fully saturated rings. The van der Waals surface area contributed by atoms with Crippen molar-refractivity contribution in [1.82, 2.24) is 0 Å². The normalized spacial score (nSPS) is 47.7. The largest absolute Gasteiger partial charge is 0.396 e. The highest BCUT2D eigenvalue weighted by Gasteiger charge is 2.56. The molecule has 3 nitrogen and oxygen atoms in total. The van der Waals surface area contributed by atoms with Gasteiger partial charge in [-0.1, -0.05) is 20.8 Å². The molecule has 0 aromatic heterocycles. The van der Waals surface area contributed by atoms with E-state index in [4.69, 9.17) is 0 Å². The van der Waals surface area contributed by atoms with Crippen LogP contribution in [-0.2, 0) is 0 Å². The molecule has 3 heteroatoms. The lowest BCUT2D eigenvalue weighted by atomic mass is 9.46. The molecule has 0 saturated heterocycles. The minimum Gasteiger partial charge on any atom is -0.396 e. The third-order valence-corrected chi connectivity index (χ3v) is 6.18. The Morgan fingerprint density at radius 2 is 1.67 bits per heavy atom. The Kier molecular flexibility index (Phi) is 3.79. The van der Waals surface area contributed by atoms with E-state index in [2.05, 4.69) is 20.8 Å². The van der Waals surface area contributed by atoms with Gasteiger partial charge in [-0.05, 0) is 54.3 Å². The fourth-order valence-corrected chi connectivity index (χ4v) is 4.92. The average Bonchev–Trinajstić information content (AvgIpc) is 2.33. The predicted molar refractivity (Wildman–Crippen MR) is 71.0 cm³/mol. The maximum absolute atomic E-state index is 10.3. The monoisotopic (exact) mass is 256 g/mol. The zero-order valence-electron chi connectivity index (χ0n) is 11.9. The number of aliphatic hydroxyl groups excluding tert-OH is 3. The van der Waals surface area contributed by atoms with E-state index in [1.807, 2.05) is 0 Å². The quantitative estimate of drug-likeness (QED) is 0.706. The molecule has 106 valence electrons. The van der Waals surface area contributed by atoms with Crippen LogP contribution in [0.3, 0.4) is 0 Å². The molecular weight excluding hydrogens is 228 g/mol. The Labute approximate surface area is 110 Å². The summed E-state index contributed by atoms with van der Waals surface area (Å²) < 4.78 is 0. The van der Waals surface area contributed by atoms with Crippen LogP contribution in [0.2, 0.25) is 0 Å². The highest BCUT2D eigenvalue weighted by molar-refractivity contribution is 5.05. The first-order valence-corrected chi connectivity index (χ1v) is 7.27. The van der Waals surface area contributed by atoms with Crippen molar-refractivity contribution in [3.05, 3.63) is 0 Å². The van der Waals surface area contributed by atoms with Gasteiger partial charge in [-0.2, -0.15) is 0 Å². The Bertz CT molecular complexity index is 302. The topological polar surface area (TPSA) is 60.7 Å². The molecule has 5 unspecified atom stereocenters. The van der Waals surface area contributed by atoms with Crippen LogP contribution in [0.15, 0.2) is 0 Å². The van der Waals surface area contributed by atoms with Crippen molar-refractivity contribution in [2.24, 2.45) is 28.6 Å². The van der Waals surface area contributed by atoms with Gasteiger partial charge >= 0.3 is 0 Å². The van der Waals surface area contributed by atoms with Gasteiger partial charge in [-0.3, -0.25) is 0 Å². The van der Waals surface area contributed by atoms with E-state index in [1.54, 1.807) is 0 Å². The summed E-state index contributed by atoms with van der Waals surface area (Å²) in [6.45, 7) is 6.91. The SMILES string of the molecule is CC1(C)C(O)CCC2(C)C(CO)C(CO)CCC12. The van der Waals surface area contributed by atoms with Crippen LogP contribution in [0.5, 0.6) is 0 Å². The molecule has 3 N–H and O–H groups in total. The summed E-state index contributed by atoms with van der Waals surface area (Å²) in [5, 5.41) is 29.5. The number of rotatable bonds is 2. The highest BCUT2D eigenvalue weighted by atomic mass is 16.3. The highest BCUT2D eigenvalue weighted by Crippen LogP contribution is 2.60. The molecule has 0 amide bonds. The molecule has 2 aliphatic rings. The smallest absolute Gasteiger partial charge is 0.0594 e. The predicted octanol–water partition coefficient (Wildman–Crippen LogP) is 1.80. The molecule has 18 heavy (non-hydrogen) atoms. The minimum absolute atomic E-state index is 0.0587. The second-order valence-electron chi connectivity index (χ2n) is 7.24.